The summed E-state index contributed by atoms with van der Waals surface area (Å²) in [6.07, 6.45) is 4.68. The van der Waals surface area contributed by atoms with Gasteiger partial charge in [0.25, 0.3) is 0 Å². The van der Waals surface area contributed by atoms with Crippen molar-refractivity contribution in [3.05, 3.63) is 12.2 Å². The summed E-state index contributed by atoms with van der Waals surface area (Å²) in [5.74, 6) is 0.656. The van der Waals surface area contributed by atoms with Crippen molar-refractivity contribution in [1.82, 2.24) is 0 Å². The number of carbonyl (C=O) groups excluding carboxylic acids is 2. The third-order valence-electron chi connectivity index (χ3n) is 3.19. The molecular weight excluding hydrogens is 164 g/mol. The molecule has 2 nitrogen and oxygen atoms in total. The lowest BCUT2D eigenvalue weighted by atomic mass is 9.61. The van der Waals surface area contributed by atoms with E-state index >= 15 is 0 Å². The summed E-state index contributed by atoms with van der Waals surface area (Å²) in [5, 5.41) is 0. The minimum Gasteiger partial charge on any atom is -0.303 e. The molecule has 0 heterocycles. The van der Waals surface area contributed by atoms with Crippen molar-refractivity contribution in [2.24, 2.45) is 11.3 Å². The molecule has 2 aliphatic carbocycles. The largest absolute Gasteiger partial charge is 0.303 e. The monoisotopic (exact) mass is 178 g/mol. The van der Waals surface area contributed by atoms with Gasteiger partial charge in [-0.25, -0.2) is 0 Å². The van der Waals surface area contributed by atoms with E-state index in [1.54, 1.807) is 0 Å². The van der Waals surface area contributed by atoms with Crippen LogP contribution in [0.1, 0.15) is 32.1 Å². The first-order valence-corrected chi connectivity index (χ1v) is 4.78. The standard InChI is InChI=1S/C11H14O2/c1-8-2-9-3-10(13)6-11(4-8,5-9)7-12/h7,9H,1-6H2. The number of Topliss-reactive ketones (excluding diaryl/α,β-unsaturated/α-hetero) is 1. The van der Waals surface area contributed by atoms with Crippen LogP contribution in [-0.4, -0.2) is 12.1 Å². The zero-order valence-electron chi connectivity index (χ0n) is 7.71. The van der Waals surface area contributed by atoms with Gasteiger partial charge in [0, 0.05) is 18.3 Å². The van der Waals surface area contributed by atoms with Gasteiger partial charge in [-0.1, -0.05) is 12.2 Å². The first kappa shape index (κ1) is 8.67. The molecule has 0 saturated heterocycles. The van der Waals surface area contributed by atoms with Gasteiger partial charge in [-0.3, -0.25) is 4.79 Å². The smallest absolute Gasteiger partial charge is 0.134 e. The Morgan fingerprint density at radius 3 is 2.85 bits per heavy atom. The van der Waals surface area contributed by atoms with E-state index in [1.807, 2.05) is 0 Å². The molecule has 0 aromatic rings. The van der Waals surface area contributed by atoms with E-state index in [4.69, 9.17) is 0 Å². The summed E-state index contributed by atoms with van der Waals surface area (Å²) in [6.45, 7) is 3.94. The number of rotatable bonds is 1. The van der Waals surface area contributed by atoms with Gasteiger partial charge in [0.05, 0.1) is 0 Å². The lowest BCUT2D eigenvalue weighted by molar-refractivity contribution is -0.133. The highest BCUT2D eigenvalue weighted by molar-refractivity contribution is 5.84. The molecule has 0 aromatic carbocycles. The second-order valence-electron chi connectivity index (χ2n) is 4.60. The van der Waals surface area contributed by atoms with Gasteiger partial charge in [0.15, 0.2) is 0 Å². The van der Waals surface area contributed by atoms with Crippen molar-refractivity contribution >= 4 is 12.1 Å². The van der Waals surface area contributed by atoms with E-state index in [0.717, 1.165) is 31.1 Å². The van der Waals surface area contributed by atoms with E-state index in [2.05, 4.69) is 6.58 Å². The molecule has 0 aromatic heterocycles. The lowest BCUT2D eigenvalue weighted by Crippen LogP contribution is -2.38. The normalized spacial score (nSPS) is 38.9. The SMILES string of the molecule is C=C1CC2CC(=O)CC(C=O)(C1)C2. The third-order valence-corrected chi connectivity index (χ3v) is 3.19. The topological polar surface area (TPSA) is 34.1 Å². The van der Waals surface area contributed by atoms with Crippen LogP contribution in [0.5, 0.6) is 0 Å². The number of allylic oxidation sites excluding steroid dienone is 1. The molecule has 2 heteroatoms. The minimum absolute atomic E-state index is 0.260. The predicted molar refractivity (Wildman–Crippen MR) is 49.2 cm³/mol. The molecule has 2 bridgehead atoms. The van der Waals surface area contributed by atoms with E-state index in [1.165, 1.54) is 0 Å². The fourth-order valence-electron chi connectivity index (χ4n) is 2.89. The molecule has 0 amide bonds. The first-order chi connectivity index (χ1) is 6.13. The second kappa shape index (κ2) is 2.79. The van der Waals surface area contributed by atoms with Gasteiger partial charge in [-0.05, 0) is 25.2 Å². The average molecular weight is 178 g/mol. The molecule has 2 atom stereocenters. The molecule has 2 aliphatic rings. The van der Waals surface area contributed by atoms with Crippen LogP contribution in [0, 0.1) is 11.3 Å². The Balaban J connectivity index is 2.28. The number of hydrogen-bond acceptors (Lipinski definition) is 2. The summed E-state index contributed by atoms with van der Waals surface area (Å²) in [4.78, 5) is 22.3. The maximum Gasteiger partial charge on any atom is 0.134 e. The second-order valence-corrected chi connectivity index (χ2v) is 4.60. The summed E-state index contributed by atoms with van der Waals surface area (Å²) in [6, 6.07) is 0. The average Bonchev–Trinajstić information content (AvgIpc) is 2.01. The van der Waals surface area contributed by atoms with Crippen molar-refractivity contribution in [2.75, 3.05) is 0 Å². The third kappa shape index (κ3) is 1.45. The van der Waals surface area contributed by atoms with Crippen LogP contribution in [0.25, 0.3) is 0 Å². The fourth-order valence-corrected chi connectivity index (χ4v) is 2.89. The molecule has 0 radical (unpaired) electrons. The number of ketones is 1. The van der Waals surface area contributed by atoms with Gasteiger partial charge in [-0.15, -0.1) is 0 Å². The van der Waals surface area contributed by atoms with Crippen LogP contribution < -0.4 is 0 Å². The molecule has 0 N–H and O–H groups in total. The van der Waals surface area contributed by atoms with Crippen molar-refractivity contribution in [2.45, 2.75) is 32.1 Å². The molecule has 70 valence electrons. The van der Waals surface area contributed by atoms with Crippen LogP contribution >= 0.6 is 0 Å². The Kier molecular flexibility index (Phi) is 1.86. The highest BCUT2D eigenvalue weighted by atomic mass is 16.1. The molecule has 0 aliphatic heterocycles. The van der Waals surface area contributed by atoms with Crippen LogP contribution in [0.4, 0.5) is 0 Å². The first-order valence-electron chi connectivity index (χ1n) is 4.78. The Hall–Kier alpha value is -0.920. The van der Waals surface area contributed by atoms with Crippen LogP contribution in [0.3, 0.4) is 0 Å². The van der Waals surface area contributed by atoms with E-state index < -0.39 is 0 Å². The Bertz CT molecular complexity index is 258. The quantitative estimate of drug-likeness (QED) is 0.454. The van der Waals surface area contributed by atoms with Gasteiger partial charge in [0.1, 0.15) is 12.1 Å². The van der Waals surface area contributed by atoms with E-state index in [-0.39, 0.29) is 11.2 Å². The summed E-state index contributed by atoms with van der Waals surface area (Å²) in [7, 11) is 0. The number of aldehydes is 1. The van der Waals surface area contributed by atoms with Crippen molar-refractivity contribution in [3.8, 4) is 0 Å². The van der Waals surface area contributed by atoms with Crippen LogP contribution in [0.15, 0.2) is 12.2 Å². The van der Waals surface area contributed by atoms with Gasteiger partial charge in [-0.2, -0.15) is 0 Å². The van der Waals surface area contributed by atoms with Crippen LogP contribution in [-0.2, 0) is 9.59 Å². The zero-order chi connectivity index (χ0) is 9.47. The number of fused-ring (bicyclic) bond motifs is 2. The highest BCUT2D eigenvalue weighted by Gasteiger charge is 2.43. The molecule has 2 fully saturated rings. The van der Waals surface area contributed by atoms with Gasteiger partial charge >= 0.3 is 0 Å². The van der Waals surface area contributed by atoms with Crippen molar-refractivity contribution in [1.29, 1.82) is 0 Å². The van der Waals surface area contributed by atoms with Gasteiger partial charge in [0.2, 0.25) is 0 Å². The molecule has 2 rings (SSSR count). The van der Waals surface area contributed by atoms with E-state index in [0.29, 0.717) is 18.8 Å². The maximum atomic E-state index is 11.4. The summed E-state index contributed by atoms with van der Waals surface area (Å²) in [5.41, 5.74) is 0.783. The predicted octanol–water partition coefficient (Wildman–Crippen LogP) is 1.89. The molecule has 13 heavy (non-hydrogen) atoms. The summed E-state index contributed by atoms with van der Waals surface area (Å²) < 4.78 is 0. The Morgan fingerprint density at radius 2 is 2.15 bits per heavy atom. The van der Waals surface area contributed by atoms with E-state index in [9.17, 15) is 9.59 Å². The molecule has 2 unspecified atom stereocenters. The zero-order valence-corrected chi connectivity index (χ0v) is 7.71. The number of carbonyl (C=O) groups is 2. The highest BCUT2D eigenvalue weighted by Crippen LogP contribution is 2.47. The molecule has 2 saturated carbocycles. The van der Waals surface area contributed by atoms with Crippen LogP contribution in [0.2, 0.25) is 0 Å². The van der Waals surface area contributed by atoms with Crippen molar-refractivity contribution in [3.63, 3.8) is 0 Å². The molecule has 0 spiro atoms. The van der Waals surface area contributed by atoms with Gasteiger partial charge < -0.3 is 4.79 Å². The molecular formula is C11H14O2. The Morgan fingerprint density at radius 1 is 1.38 bits per heavy atom. The Labute approximate surface area is 78.0 Å². The lowest BCUT2D eigenvalue weighted by Gasteiger charge is -2.41. The number of hydrogen-bond donors (Lipinski definition) is 0. The van der Waals surface area contributed by atoms with Crippen molar-refractivity contribution < 1.29 is 9.59 Å². The maximum absolute atomic E-state index is 11.4. The summed E-state index contributed by atoms with van der Waals surface area (Å²) >= 11 is 0. The fraction of sp³-hybridized carbons (Fsp3) is 0.636. The minimum atomic E-state index is -0.366.